The van der Waals surface area contributed by atoms with E-state index in [1.54, 1.807) is 37.6 Å². The SMILES string of the molecule is CP(C)(=O)CCCNC(=O)Nc1cccc(Cl)c1. The molecular formula is C12H18ClN2O2P. The molecule has 18 heavy (non-hydrogen) atoms. The number of nitrogens with one attached hydrogen (secondary N) is 2. The van der Waals surface area contributed by atoms with Crippen LogP contribution in [0.5, 0.6) is 0 Å². The lowest BCUT2D eigenvalue weighted by Crippen LogP contribution is -2.29. The van der Waals surface area contributed by atoms with Crippen LogP contribution in [-0.4, -0.2) is 32.1 Å². The van der Waals surface area contributed by atoms with Crippen LogP contribution in [-0.2, 0) is 4.57 Å². The van der Waals surface area contributed by atoms with Gasteiger partial charge in [0.2, 0.25) is 0 Å². The molecule has 0 saturated carbocycles. The molecule has 0 fully saturated rings. The molecule has 0 atom stereocenters. The molecule has 0 aliphatic carbocycles. The average molecular weight is 289 g/mol. The van der Waals surface area contributed by atoms with Crippen molar-refractivity contribution in [2.75, 3.05) is 31.4 Å². The van der Waals surface area contributed by atoms with Crippen molar-refractivity contribution in [1.29, 1.82) is 0 Å². The standard InChI is InChI=1S/C12H18ClN2O2P/c1-18(2,17)8-4-7-14-12(16)15-11-6-3-5-10(13)9-11/h3,5-6,9H,4,7-8H2,1-2H3,(H2,14,15,16). The minimum atomic E-state index is -1.99. The van der Waals surface area contributed by atoms with Gasteiger partial charge in [-0.25, -0.2) is 4.79 Å². The summed E-state index contributed by atoms with van der Waals surface area (Å²) >= 11 is 5.80. The Balaban J connectivity index is 2.28. The van der Waals surface area contributed by atoms with E-state index >= 15 is 0 Å². The summed E-state index contributed by atoms with van der Waals surface area (Å²) in [6, 6.07) is 6.66. The molecule has 0 radical (unpaired) electrons. The van der Waals surface area contributed by atoms with Gasteiger partial charge in [0.15, 0.2) is 0 Å². The Morgan fingerprint density at radius 2 is 2.11 bits per heavy atom. The lowest BCUT2D eigenvalue weighted by Gasteiger charge is -2.09. The number of hydrogen-bond donors (Lipinski definition) is 2. The predicted octanol–water partition coefficient (Wildman–Crippen LogP) is 3.47. The number of urea groups is 1. The van der Waals surface area contributed by atoms with E-state index < -0.39 is 7.14 Å². The van der Waals surface area contributed by atoms with Crippen LogP contribution in [0.1, 0.15) is 6.42 Å². The Bertz CT molecular complexity index is 459. The van der Waals surface area contributed by atoms with Crippen LogP contribution in [0.15, 0.2) is 24.3 Å². The summed E-state index contributed by atoms with van der Waals surface area (Å²) in [4.78, 5) is 11.5. The highest BCUT2D eigenvalue weighted by atomic mass is 35.5. The van der Waals surface area contributed by atoms with Crippen LogP contribution < -0.4 is 10.6 Å². The molecule has 0 spiro atoms. The number of benzene rings is 1. The summed E-state index contributed by atoms with van der Waals surface area (Å²) in [5.41, 5.74) is 0.650. The van der Waals surface area contributed by atoms with E-state index in [9.17, 15) is 9.36 Å². The number of halogens is 1. The third kappa shape index (κ3) is 6.67. The van der Waals surface area contributed by atoms with Crippen LogP contribution in [0.25, 0.3) is 0 Å². The Labute approximate surface area is 112 Å². The normalized spacial score (nSPS) is 11.1. The highest BCUT2D eigenvalue weighted by Gasteiger charge is 2.07. The molecular weight excluding hydrogens is 271 g/mol. The quantitative estimate of drug-likeness (QED) is 0.644. The number of carbonyl (C=O) groups is 1. The van der Waals surface area contributed by atoms with Gasteiger partial charge in [-0.15, -0.1) is 0 Å². The van der Waals surface area contributed by atoms with Crippen molar-refractivity contribution in [3.63, 3.8) is 0 Å². The molecule has 0 bridgehead atoms. The van der Waals surface area contributed by atoms with Crippen LogP contribution in [0.4, 0.5) is 10.5 Å². The predicted molar refractivity (Wildman–Crippen MR) is 77.4 cm³/mol. The average Bonchev–Trinajstić information content (AvgIpc) is 2.23. The molecule has 1 rings (SSSR count). The molecule has 0 aliphatic rings. The molecule has 1 aromatic carbocycles. The topological polar surface area (TPSA) is 58.2 Å². The first-order chi connectivity index (χ1) is 8.37. The van der Waals surface area contributed by atoms with Gasteiger partial charge in [-0.2, -0.15) is 0 Å². The summed E-state index contributed by atoms with van der Waals surface area (Å²) in [5, 5.41) is 5.96. The Morgan fingerprint density at radius 3 is 2.72 bits per heavy atom. The number of amides is 2. The number of rotatable bonds is 5. The number of hydrogen-bond acceptors (Lipinski definition) is 2. The molecule has 6 heteroatoms. The molecule has 0 aromatic heterocycles. The van der Waals surface area contributed by atoms with Gasteiger partial charge < -0.3 is 15.2 Å². The van der Waals surface area contributed by atoms with Gasteiger partial charge in [0.05, 0.1) is 7.14 Å². The Kier molecular flexibility index (Phi) is 5.70. The second kappa shape index (κ2) is 6.81. The van der Waals surface area contributed by atoms with E-state index in [0.717, 1.165) is 0 Å². The maximum Gasteiger partial charge on any atom is 0.319 e. The van der Waals surface area contributed by atoms with Crippen molar-refractivity contribution < 1.29 is 9.36 Å². The lowest BCUT2D eigenvalue weighted by molar-refractivity contribution is 0.252. The van der Waals surface area contributed by atoms with Gasteiger partial charge in [-0.3, -0.25) is 0 Å². The molecule has 2 N–H and O–H groups in total. The van der Waals surface area contributed by atoms with Crippen LogP contribution in [0, 0.1) is 0 Å². The molecule has 2 amide bonds. The third-order valence-electron chi connectivity index (χ3n) is 2.24. The maximum absolute atomic E-state index is 11.5. The number of carbonyl (C=O) groups excluding carboxylic acids is 1. The van der Waals surface area contributed by atoms with Crippen LogP contribution in [0.2, 0.25) is 5.02 Å². The second-order valence-corrected chi connectivity index (χ2v) is 8.57. The molecule has 0 heterocycles. The monoisotopic (exact) mass is 288 g/mol. The summed E-state index contributed by atoms with van der Waals surface area (Å²) in [7, 11) is -1.99. The molecule has 1 aromatic rings. The van der Waals surface area contributed by atoms with Crippen molar-refractivity contribution in [3.8, 4) is 0 Å². The summed E-state index contributed by atoms with van der Waals surface area (Å²) < 4.78 is 11.4. The van der Waals surface area contributed by atoms with Crippen molar-refractivity contribution in [2.24, 2.45) is 0 Å². The highest BCUT2D eigenvalue weighted by Crippen LogP contribution is 2.35. The third-order valence-corrected chi connectivity index (χ3v) is 3.87. The van der Waals surface area contributed by atoms with E-state index in [1.807, 2.05) is 0 Å². The van der Waals surface area contributed by atoms with Gasteiger partial charge in [-0.05, 0) is 37.9 Å². The smallest absolute Gasteiger partial charge is 0.319 e. The molecule has 0 saturated heterocycles. The lowest BCUT2D eigenvalue weighted by atomic mass is 10.3. The zero-order valence-corrected chi connectivity index (χ0v) is 12.2. The zero-order valence-electron chi connectivity index (χ0n) is 10.6. The minimum Gasteiger partial charge on any atom is -0.338 e. The Hall–Kier alpha value is -0.990. The number of anilines is 1. The highest BCUT2D eigenvalue weighted by molar-refractivity contribution is 7.62. The van der Waals surface area contributed by atoms with Gasteiger partial charge in [0, 0.05) is 23.4 Å². The van der Waals surface area contributed by atoms with Gasteiger partial charge in [0.25, 0.3) is 0 Å². The maximum atomic E-state index is 11.5. The van der Waals surface area contributed by atoms with E-state index in [0.29, 0.717) is 29.8 Å². The fraction of sp³-hybridized carbons (Fsp3) is 0.417. The minimum absolute atomic E-state index is 0.278. The van der Waals surface area contributed by atoms with Crippen LogP contribution >= 0.6 is 18.7 Å². The van der Waals surface area contributed by atoms with E-state index in [-0.39, 0.29) is 6.03 Å². The zero-order chi connectivity index (χ0) is 13.6. The van der Waals surface area contributed by atoms with Crippen LogP contribution in [0.3, 0.4) is 0 Å². The van der Waals surface area contributed by atoms with Crippen molar-refractivity contribution in [2.45, 2.75) is 6.42 Å². The van der Waals surface area contributed by atoms with Gasteiger partial charge in [-0.1, -0.05) is 17.7 Å². The van der Waals surface area contributed by atoms with Gasteiger partial charge in [0.1, 0.15) is 0 Å². The summed E-state index contributed by atoms with van der Waals surface area (Å²) in [6.07, 6.45) is 1.36. The first-order valence-electron chi connectivity index (χ1n) is 5.71. The molecule has 0 aliphatic heterocycles. The molecule has 0 unspecified atom stereocenters. The van der Waals surface area contributed by atoms with E-state index in [4.69, 9.17) is 11.6 Å². The van der Waals surface area contributed by atoms with E-state index in [2.05, 4.69) is 10.6 Å². The first-order valence-corrected chi connectivity index (χ1v) is 8.88. The fourth-order valence-corrected chi connectivity index (χ4v) is 2.51. The molecule has 100 valence electrons. The van der Waals surface area contributed by atoms with Crippen molar-refractivity contribution >= 4 is 30.5 Å². The largest absolute Gasteiger partial charge is 0.338 e. The van der Waals surface area contributed by atoms with Crippen molar-refractivity contribution in [3.05, 3.63) is 29.3 Å². The van der Waals surface area contributed by atoms with E-state index in [1.165, 1.54) is 0 Å². The van der Waals surface area contributed by atoms with Crippen molar-refractivity contribution in [1.82, 2.24) is 5.32 Å². The second-order valence-electron chi connectivity index (χ2n) is 4.54. The summed E-state index contributed by atoms with van der Waals surface area (Å²) in [5.74, 6) is 0. The fourth-order valence-electron chi connectivity index (χ4n) is 1.40. The molecule has 4 nitrogen and oxygen atoms in total. The van der Waals surface area contributed by atoms with Gasteiger partial charge >= 0.3 is 6.03 Å². The Morgan fingerprint density at radius 1 is 1.39 bits per heavy atom. The first kappa shape index (κ1) is 15.1. The summed E-state index contributed by atoms with van der Waals surface area (Å²) in [6.45, 7) is 4.01.